The van der Waals surface area contributed by atoms with Crippen molar-refractivity contribution in [3.05, 3.63) is 81.8 Å². The first-order valence-electron chi connectivity index (χ1n) is 9.56. The lowest BCUT2D eigenvalue weighted by molar-refractivity contribution is 0.307. The van der Waals surface area contributed by atoms with Gasteiger partial charge in [0.25, 0.3) is 5.56 Å². The average Bonchev–Trinajstić information content (AvgIpc) is 2.90. The third-order valence-electron chi connectivity index (χ3n) is 5.20. The van der Waals surface area contributed by atoms with Gasteiger partial charge in [0.1, 0.15) is 0 Å². The maximum Gasteiger partial charge on any atom is 0.275 e. The first-order chi connectivity index (χ1) is 12.6. The summed E-state index contributed by atoms with van der Waals surface area (Å²) in [7, 11) is 0. The van der Waals surface area contributed by atoms with Crippen LogP contribution in [0.4, 0.5) is 0 Å². The first-order valence-corrected chi connectivity index (χ1v) is 9.56. The van der Waals surface area contributed by atoms with Crippen molar-refractivity contribution in [3.8, 4) is 11.1 Å². The highest BCUT2D eigenvalue weighted by atomic mass is 16.1. The van der Waals surface area contributed by atoms with E-state index in [1.54, 1.807) is 4.68 Å². The van der Waals surface area contributed by atoms with Crippen molar-refractivity contribution < 1.29 is 0 Å². The molecule has 3 heteroatoms. The molecule has 0 aliphatic carbocycles. The van der Waals surface area contributed by atoms with E-state index in [1.807, 2.05) is 25.1 Å². The van der Waals surface area contributed by atoms with Gasteiger partial charge in [-0.15, -0.1) is 0 Å². The number of H-pyrrole nitrogens is 1. The summed E-state index contributed by atoms with van der Waals surface area (Å²) in [5, 5.41) is 3.32. The molecule has 0 atom stereocenters. The highest BCUT2D eigenvalue weighted by molar-refractivity contribution is 5.65. The summed E-state index contributed by atoms with van der Waals surface area (Å²) in [6, 6.07) is 18.7. The molecule has 3 aromatic rings. The molecule has 0 unspecified atom stereocenters. The van der Waals surface area contributed by atoms with Crippen LogP contribution in [-0.4, -0.2) is 9.78 Å². The van der Waals surface area contributed by atoms with Crippen LogP contribution in [0.1, 0.15) is 51.4 Å². The Balaban J connectivity index is 1.98. The van der Waals surface area contributed by atoms with Crippen LogP contribution in [0.2, 0.25) is 0 Å². The van der Waals surface area contributed by atoms with Crippen molar-refractivity contribution in [2.75, 3.05) is 0 Å². The lowest BCUT2D eigenvalue weighted by Crippen LogP contribution is -2.37. The summed E-state index contributed by atoms with van der Waals surface area (Å²) in [4.78, 5) is 13.2. The number of nitrogens with zero attached hydrogens (tertiary/aromatic N) is 1. The molecule has 0 saturated carbocycles. The number of benzene rings is 2. The zero-order valence-corrected chi connectivity index (χ0v) is 17.3. The van der Waals surface area contributed by atoms with Gasteiger partial charge < -0.3 is 0 Å². The zero-order chi connectivity index (χ0) is 19.8. The Labute approximate surface area is 162 Å². The Morgan fingerprint density at radius 3 is 2.04 bits per heavy atom. The van der Waals surface area contributed by atoms with E-state index in [0.29, 0.717) is 0 Å². The predicted molar refractivity (Wildman–Crippen MR) is 113 cm³/mol. The van der Waals surface area contributed by atoms with E-state index in [0.717, 1.165) is 23.2 Å². The van der Waals surface area contributed by atoms with Gasteiger partial charge >= 0.3 is 0 Å². The lowest BCUT2D eigenvalue weighted by Gasteiger charge is -2.25. The van der Waals surface area contributed by atoms with Gasteiger partial charge in [-0.1, -0.05) is 75.4 Å². The summed E-state index contributed by atoms with van der Waals surface area (Å²) in [5.41, 5.74) is 4.92. The van der Waals surface area contributed by atoms with Gasteiger partial charge in [-0.2, -0.15) is 0 Å². The van der Waals surface area contributed by atoms with Crippen molar-refractivity contribution >= 4 is 0 Å². The average molecular weight is 363 g/mol. The first kappa shape index (κ1) is 19.2. The molecule has 0 spiro atoms. The van der Waals surface area contributed by atoms with Crippen LogP contribution in [0.3, 0.4) is 0 Å². The number of hydrogen-bond acceptors (Lipinski definition) is 1. The van der Waals surface area contributed by atoms with Crippen molar-refractivity contribution in [1.29, 1.82) is 0 Å². The molecule has 0 aliphatic heterocycles. The van der Waals surface area contributed by atoms with Crippen molar-refractivity contribution in [3.63, 3.8) is 0 Å². The number of hydrogen-bond donors (Lipinski definition) is 1. The fourth-order valence-electron chi connectivity index (χ4n) is 3.62. The Kier molecular flexibility index (Phi) is 4.90. The summed E-state index contributed by atoms with van der Waals surface area (Å²) in [5.74, 6) is 0. The molecular formula is C24H30N2O. The third kappa shape index (κ3) is 3.92. The number of aryl methyl sites for hydroxylation is 1. The molecule has 0 aliphatic rings. The van der Waals surface area contributed by atoms with Gasteiger partial charge in [0.2, 0.25) is 0 Å². The molecule has 3 nitrogen and oxygen atoms in total. The summed E-state index contributed by atoms with van der Waals surface area (Å²) < 4.78 is 1.78. The van der Waals surface area contributed by atoms with E-state index in [1.165, 1.54) is 11.1 Å². The zero-order valence-electron chi connectivity index (χ0n) is 17.3. The largest absolute Gasteiger partial charge is 0.299 e. The molecule has 0 radical (unpaired) electrons. The van der Waals surface area contributed by atoms with Crippen LogP contribution in [0.5, 0.6) is 0 Å². The van der Waals surface area contributed by atoms with Crippen LogP contribution in [0, 0.1) is 6.92 Å². The van der Waals surface area contributed by atoms with E-state index < -0.39 is 0 Å². The number of nitrogens with one attached hydrogen (secondary N) is 1. The number of aromatic nitrogens is 2. The predicted octanol–water partition coefficient (Wildman–Crippen LogP) is 5.43. The monoisotopic (exact) mass is 362 g/mol. The maximum absolute atomic E-state index is 13.2. The van der Waals surface area contributed by atoms with Gasteiger partial charge in [-0.05, 0) is 49.3 Å². The molecule has 0 fully saturated rings. The summed E-state index contributed by atoms with van der Waals surface area (Å²) >= 11 is 0. The number of aromatic amines is 1. The Morgan fingerprint density at radius 2 is 1.48 bits per heavy atom. The van der Waals surface area contributed by atoms with Crippen molar-refractivity contribution in [1.82, 2.24) is 9.78 Å². The molecule has 142 valence electrons. The maximum atomic E-state index is 13.2. The molecule has 27 heavy (non-hydrogen) atoms. The van der Waals surface area contributed by atoms with Gasteiger partial charge in [-0.25, -0.2) is 4.68 Å². The molecule has 1 aromatic heterocycles. The van der Waals surface area contributed by atoms with Gasteiger partial charge in [0, 0.05) is 5.69 Å². The second kappa shape index (κ2) is 6.88. The minimum absolute atomic E-state index is 0.0388. The standard InChI is InChI=1S/C24H30N2O/c1-17-21(19-12-14-20(15-13-19)23(2,3)4)22(27)26(25-17)24(5,6)16-18-10-8-7-9-11-18/h7-15,25H,16H2,1-6H3. The van der Waals surface area contributed by atoms with Crippen LogP contribution in [-0.2, 0) is 17.4 Å². The minimum Gasteiger partial charge on any atom is -0.299 e. The Bertz CT molecular complexity index is 968. The summed E-state index contributed by atoms with van der Waals surface area (Å²) in [6.45, 7) is 12.8. The van der Waals surface area contributed by atoms with E-state index >= 15 is 0 Å². The van der Waals surface area contributed by atoms with Crippen molar-refractivity contribution in [2.45, 2.75) is 58.9 Å². The fourth-order valence-corrected chi connectivity index (χ4v) is 3.62. The van der Waals surface area contributed by atoms with E-state index in [4.69, 9.17) is 0 Å². The van der Waals surface area contributed by atoms with E-state index in [-0.39, 0.29) is 16.5 Å². The van der Waals surface area contributed by atoms with Crippen LogP contribution in [0.25, 0.3) is 11.1 Å². The minimum atomic E-state index is -0.340. The highest BCUT2D eigenvalue weighted by Crippen LogP contribution is 2.27. The molecule has 1 heterocycles. The summed E-state index contributed by atoms with van der Waals surface area (Å²) in [6.07, 6.45) is 0.788. The normalized spacial score (nSPS) is 12.4. The molecule has 2 aromatic carbocycles. The second-order valence-corrected chi connectivity index (χ2v) is 9.05. The molecule has 0 amide bonds. The van der Waals surface area contributed by atoms with E-state index in [9.17, 15) is 4.79 Å². The van der Waals surface area contributed by atoms with Crippen molar-refractivity contribution in [2.24, 2.45) is 0 Å². The third-order valence-corrected chi connectivity index (χ3v) is 5.20. The number of rotatable bonds is 4. The van der Waals surface area contributed by atoms with E-state index in [2.05, 4.69) is 76.1 Å². The Morgan fingerprint density at radius 1 is 0.889 bits per heavy atom. The van der Waals surface area contributed by atoms with Crippen LogP contribution in [0.15, 0.2) is 59.4 Å². The quantitative estimate of drug-likeness (QED) is 0.660. The molecule has 0 saturated heterocycles. The fraction of sp³-hybridized carbons (Fsp3) is 0.375. The van der Waals surface area contributed by atoms with Gasteiger partial charge in [0.05, 0.1) is 11.1 Å². The SMILES string of the molecule is Cc1[nH]n(C(C)(C)Cc2ccccc2)c(=O)c1-c1ccc(C(C)(C)C)cc1. The molecule has 1 N–H and O–H groups in total. The topological polar surface area (TPSA) is 37.8 Å². The smallest absolute Gasteiger partial charge is 0.275 e. The molecule has 0 bridgehead atoms. The second-order valence-electron chi connectivity index (χ2n) is 9.05. The highest BCUT2D eigenvalue weighted by Gasteiger charge is 2.26. The van der Waals surface area contributed by atoms with Crippen LogP contribution >= 0.6 is 0 Å². The van der Waals surface area contributed by atoms with Gasteiger partial charge in [0.15, 0.2) is 0 Å². The molecule has 3 rings (SSSR count). The molecular weight excluding hydrogens is 332 g/mol. The van der Waals surface area contributed by atoms with Gasteiger partial charge in [-0.3, -0.25) is 9.89 Å². The Hall–Kier alpha value is -2.55. The van der Waals surface area contributed by atoms with Crippen LogP contribution < -0.4 is 5.56 Å². The lowest BCUT2D eigenvalue weighted by atomic mass is 9.86.